The summed E-state index contributed by atoms with van der Waals surface area (Å²) in [7, 11) is 0. The van der Waals surface area contributed by atoms with Crippen molar-refractivity contribution in [1.29, 1.82) is 0 Å². The fourth-order valence-electron chi connectivity index (χ4n) is 2.80. The van der Waals surface area contributed by atoms with Crippen molar-refractivity contribution >= 4 is 28.3 Å². The number of halogens is 1. The maximum Gasteiger partial charge on any atom is 0.308 e. The molecule has 0 N–H and O–H groups in total. The van der Waals surface area contributed by atoms with E-state index in [0.717, 1.165) is 15.9 Å². The molecular weight excluding hydrogens is 409 g/mol. The summed E-state index contributed by atoms with van der Waals surface area (Å²) in [6, 6.07) is 12.3. The van der Waals surface area contributed by atoms with E-state index in [9.17, 15) is 18.8 Å². The third-order valence-electron chi connectivity index (χ3n) is 4.17. The van der Waals surface area contributed by atoms with Crippen LogP contribution in [-0.2, 0) is 11.2 Å². The number of nitrogens with zero attached hydrogens (tertiary/aromatic N) is 3. The zero-order chi connectivity index (χ0) is 21.3. The monoisotopic (exact) mass is 423 g/mol. The van der Waals surface area contributed by atoms with Crippen LogP contribution in [0.25, 0.3) is 11.0 Å². The highest BCUT2D eigenvalue weighted by atomic mass is 32.1. The number of aromatic nitrogens is 3. The Labute approximate surface area is 172 Å². The van der Waals surface area contributed by atoms with Crippen LogP contribution in [0.5, 0.6) is 5.75 Å². The molecule has 0 saturated carbocycles. The van der Waals surface area contributed by atoms with Crippen LogP contribution in [0.2, 0.25) is 0 Å². The van der Waals surface area contributed by atoms with Crippen molar-refractivity contribution in [2.24, 2.45) is 0 Å². The third-order valence-corrected chi connectivity index (χ3v) is 5.13. The standard InChI is InChI=1S/C21H14FN3O4S/c1-12(26)29-16-8-4-14(5-9-16)11-18-20(28)25-21(30-18)23-19(27)17(24-25)10-13-2-6-15(22)7-3-13/h2-9,11H,10H2,1H3. The maximum atomic E-state index is 13.1. The lowest BCUT2D eigenvalue weighted by molar-refractivity contribution is -0.131. The van der Waals surface area contributed by atoms with Crippen LogP contribution in [0.15, 0.2) is 58.1 Å². The lowest BCUT2D eigenvalue weighted by Crippen LogP contribution is -2.28. The van der Waals surface area contributed by atoms with Gasteiger partial charge in [-0.25, -0.2) is 4.39 Å². The molecular formula is C21H14FN3O4S. The molecule has 0 unspecified atom stereocenters. The SMILES string of the molecule is CC(=O)Oc1ccc(C=c2sc3nc(=O)c(Cc4ccc(F)cc4)nn3c2=O)cc1. The predicted molar refractivity (Wildman–Crippen MR) is 109 cm³/mol. The number of thiazole rings is 1. The molecule has 2 aromatic carbocycles. The number of fused-ring (bicyclic) bond motifs is 1. The largest absolute Gasteiger partial charge is 0.427 e. The molecule has 0 amide bonds. The molecule has 4 aromatic rings. The van der Waals surface area contributed by atoms with E-state index in [2.05, 4.69) is 10.1 Å². The summed E-state index contributed by atoms with van der Waals surface area (Å²) in [6.07, 6.45) is 1.78. The van der Waals surface area contributed by atoms with Gasteiger partial charge in [0.25, 0.3) is 11.1 Å². The van der Waals surface area contributed by atoms with Gasteiger partial charge in [0, 0.05) is 13.3 Å². The van der Waals surface area contributed by atoms with Gasteiger partial charge in [0.05, 0.1) is 4.53 Å². The minimum absolute atomic E-state index is 0.103. The van der Waals surface area contributed by atoms with Crippen LogP contribution < -0.4 is 20.4 Å². The molecule has 0 saturated heterocycles. The van der Waals surface area contributed by atoms with Gasteiger partial charge >= 0.3 is 5.97 Å². The summed E-state index contributed by atoms with van der Waals surface area (Å²) in [5, 5.41) is 4.17. The Morgan fingerprint density at radius 2 is 1.83 bits per heavy atom. The van der Waals surface area contributed by atoms with Crippen molar-refractivity contribution in [2.75, 3.05) is 0 Å². The van der Waals surface area contributed by atoms with Gasteiger partial charge in [0.15, 0.2) is 0 Å². The van der Waals surface area contributed by atoms with E-state index in [1.165, 1.54) is 19.1 Å². The predicted octanol–water partition coefficient (Wildman–Crippen LogP) is 1.71. The Bertz CT molecular complexity index is 1410. The van der Waals surface area contributed by atoms with E-state index < -0.39 is 17.1 Å². The highest BCUT2D eigenvalue weighted by molar-refractivity contribution is 7.15. The average molecular weight is 423 g/mol. The number of benzene rings is 2. The highest BCUT2D eigenvalue weighted by Crippen LogP contribution is 2.13. The number of rotatable bonds is 4. The fraction of sp³-hybridized carbons (Fsp3) is 0.0952. The van der Waals surface area contributed by atoms with E-state index in [-0.39, 0.29) is 22.9 Å². The van der Waals surface area contributed by atoms with E-state index in [4.69, 9.17) is 4.74 Å². The van der Waals surface area contributed by atoms with Crippen LogP contribution >= 0.6 is 11.3 Å². The van der Waals surface area contributed by atoms with E-state index in [1.54, 1.807) is 42.5 Å². The second-order valence-electron chi connectivity index (χ2n) is 6.44. The van der Waals surface area contributed by atoms with Gasteiger partial charge in [-0.1, -0.05) is 35.6 Å². The van der Waals surface area contributed by atoms with Crippen LogP contribution in [0.1, 0.15) is 23.7 Å². The second-order valence-corrected chi connectivity index (χ2v) is 7.45. The first kappa shape index (κ1) is 19.6. The Kier molecular flexibility index (Phi) is 5.20. The molecule has 4 rings (SSSR count). The van der Waals surface area contributed by atoms with Gasteiger partial charge in [-0.2, -0.15) is 14.6 Å². The van der Waals surface area contributed by atoms with Gasteiger partial charge in [-0.05, 0) is 41.5 Å². The van der Waals surface area contributed by atoms with Gasteiger partial charge in [-0.3, -0.25) is 14.4 Å². The molecule has 0 atom stereocenters. The summed E-state index contributed by atoms with van der Waals surface area (Å²) in [5.41, 5.74) is 0.574. The molecule has 0 aliphatic heterocycles. The molecule has 7 nitrogen and oxygen atoms in total. The highest BCUT2D eigenvalue weighted by Gasteiger charge is 2.12. The Balaban J connectivity index is 1.70. The molecule has 0 bridgehead atoms. The molecule has 0 radical (unpaired) electrons. The molecule has 9 heteroatoms. The quantitative estimate of drug-likeness (QED) is 0.367. The van der Waals surface area contributed by atoms with E-state index in [1.807, 2.05) is 0 Å². The minimum atomic E-state index is -0.530. The first-order chi connectivity index (χ1) is 14.4. The summed E-state index contributed by atoms with van der Waals surface area (Å²) in [6.45, 7) is 1.31. The Morgan fingerprint density at radius 3 is 2.50 bits per heavy atom. The Morgan fingerprint density at radius 1 is 1.13 bits per heavy atom. The zero-order valence-corrected chi connectivity index (χ0v) is 16.5. The van der Waals surface area contributed by atoms with Crippen molar-refractivity contribution in [3.05, 3.63) is 96.4 Å². The minimum Gasteiger partial charge on any atom is -0.427 e. The number of ether oxygens (including phenoxy) is 1. The van der Waals surface area contributed by atoms with Crippen LogP contribution in [0.4, 0.5) is 4.39 Å². The lowest BCUT2D eigenvalue weighted by atomic mass is 10.1. The number of esters is 1. The van der Waals surface area contributed by atoms with Crippen molar-refractivity contribution in [3.63, 3.8) is 0 Å². The van der Waals surface area contributed by atoms with Crippen molar-refractivity contribution in [2.45, 2.75) is 13.3 Å². The molecule has 150 valence electrons. The molecule has 0 fully saturated rings. The first-order valence-electron chi connectivity index (χ1n) is 8.86. The van der Waals surface area contributed by atoms with Gasteiger partial charge in [0.1, 0.15) is 17.3 Å². The summed E-state index contributed by atoms with van der Waals surface area (Å²) in [4.78, 5) is 40.2. The molecule has 0 spiro atoms. The molecule has 30 heavy (non-hydrogen) atoms. The van der Waals surface area contributed by atoms with E-state index in [0.29, 0.717) is 21.4 Å². The van der Waals surface area contributed by atoms with Gasteiger partial charge in [0.2, 0.25) is 4.96 Å². The second kappa shape index (κ2) is 7.96. The summed E-state index contributed by atoms with van der Waals surface area (Å²) in [5.74, 6) is -0.397. The van der Waals surface area contributed by atoms with Crippen molar-refractivity contribution in [1.82, 2.24) is 14.6 Å². The molecule has 0 aliphatic rings. The normalized spacial score (nSPS) is 11.7. The Hall–Kier alpha value is -3.72. The lowest BCUT2D eigenvalue weighted by Gasteiger charge is -2.00. The van der Waals surface area contributed by atoms with Crippen molar-refractivity contribution < 1.29 is 13.9 Å². The van der Waals surface area contributed by atoms with Gasteiger partial charge < -0.3 is 4.74 Å². The van der Waals surface area contributed by atoms with Crippen LogP contribution in [0, 0.1) is 5.82 Å². The maximum absolute atomic E-state index is 13.1. The first-order valence-corrected chi connectivity index (χ1v) is 9.68. The summed E-state index contributed by atoms with van der Waals surface area (Å²) >= 11 is 1.05. The molecule has 2 heterocycles. The number of hydrogen-bond donors (Lipinski definition) is 0. The molecule has 2 aromatic heterocycles. The third kappa shape index (κ3) is 4.15. The van der Waals surface area contributed by atoms with E-state index >= 15 is 0 Å². The van der Waals surface area contributed by atoms with Crippen LogP contribution in [0.3, 0.4) is 0 Å². The van der Waals surface area contributed by atoms with Crippen molar-refractivity contribution in [3.8, 4) is 5.75 Å². The number of carbonyl (C=O) groups is 1. The zero-order valence-electron chi connectivity index (χ0n) is 15.7. The fourth-order valence-corrected chi connectivity index (χ4v) is 3.70. The summed E-state index contributed by atoms with van der Waals surface area (Å²) < 4.78 is 19.5. The van der Waals surface area contributed by atoms with Crippen LogP contribution in [-0.4, -0.2) is 20.6 Å². The topological polar surface area (TPSA) is 90.6 Å². The van der Waals surface area contributed by atoms with Gasteiger partial charge in [-0.15, -0.1) is 0 Å². The average Bonchev–Trinajstić information content (AvgIpc) is 2.99. The number of carbonyl (C=O) groups excluding carboxylic acids is 1. The smallest absolute Gasteiger partial charge is 0.308 e. The molecule has 0 aliphatic carbocycles. The number of hydrogen-bond acceptors (Lipinski definition) is 7.